The molecule has 0 saturated carbocycles. The van der Waals surface area contributed by atoms with Crippen LogP contribution in [0.15, 0.2) is 54.7 Å². The van der Waals surface area contributed by atoms with Crippen LogP contribution in [-0.4, -0.2) is 39.6 Å². The van der Waals surface area contributed by atoms with E-state index >= 15 is 0 Å². The highest BCUT2D eigenvalue weighted by Crippen LogP contribution is 2.28. The van der Waals surface area contributed by atoms with E-state index in [1.54, 1.807) is 0 Å². The monoisotopic (exact) mass is 376 g/mol. The molecule has 0 aliphatic carbocycles. The molecule has 0 aliphatic heterocycles. The molecule has 26 heavy (non-hydrogen) atoms. The van der Waals surface area contributed by atoms with Crippen LogP contribution in [0.2, 0.25) is 0 Å². The number of ether oxygens (including phenoxy) is 1. The standard InChI is InChI=1S/C15H13F5N4O2/c1-2-7-25-23-12(13(16)24-9-21-8-22-24)10-3-5-11(6-4-10)26-15(19,20)14(17)18/h2-6,8-9,13-14H,1,7H2. The molecular formula is C15H13F5N4O2. The van der Waals surface area contributed by atoms with Crippen LogP contribution in [0.3, 0.4) is 0 Å². The first-order valence-electron chi connectivity index (χ1n) is 7.09. The smallest absolute Gasteiger partial charge is 0.428 e. The van der Waals surface area contributed by atoms with Gasteiger partial charge in [-0.15, -0.1) is 0 Å². The van der Waals surface area contributed by atoms with E-state index in [4.69, 9.17) is 4.84 Å². The Bertz CT molecular complexity index is 735. The third kappa shape index (κ3) is 4.77. The van der Waals surface area contributed by atoms with Gasteiger partial charge in [-0.3, -0.25) is 0 Å². The van der Waals surface area contributed by atoms with Crippen LogP contribution in [0.5, 0.6) is 5.75 Å². The van der Waals surface area contributed by atoms with Crippen molar-refractivity contribution >= 4 is 5.71 Å². The summed E-state index contributed by atoms with van der Waals surface area (Å²) in [7, 11) is 0. The van der Waals surface area contributed by atoms with E-state index in [9.17, 15) is 22.0 Å². The quantitative estimate of drug-likeness (QED) is 0.221. The van der Waals surface area contributed by atoms with Gasteiger partial charge in [-0.1, -0.05) is 17.8 Å². The molecule has 140 valence electrons. The Morgan fingerprint density at radius 1 is 1.27 bits per heavy atom. The molecule has 1 heterocycles. The van der Waals surface area contributed by atoms with Crippen molar-refractivity contribution < 1.29 is 31.5 Å². The molecule has 11 heteroatoms. The van der Waals surface area contributed by atoms with Crippen LogP contribution in [0.25, 0.3) is 0 Å². The van der Waals surface area contributed by atoms with Gasteiger partial charge in [-0.2, -0.15) is 22.7 Å². The van der Waals surface area contributed by atoms with Gasteiger partial charge in [0.05, 0.1) is 0 Å². The molecule has 1 atom stereocenters. The summed E-state index contributed by atoms with van der Waals surface area (Å²) in [6.45, 7) is 3.42. The SMILES string of the molecule is C=CCON=C(c1ccc(OC(F)(F)C(F)F)cc1)C(F)n1cncn1. The van der Waals surface area contributed by atoms with E-state index in [1.807, 2.05) is 0 Å². The Morgan fingerprint density at radius 3 is 2.50 bits per heavy atom. The van der Waals surface area contributed by atoms with Crippen LogP contribution in [0.4, 0.5) is 22.0 Å². The van der Waals surface area contributed by atoms with Crippen molar-refractivity contribution in [3.05, 3.63) is 55.1 Å². The van der Waals surface area contributed by atoms with E-state index in [0.717, 1.165) is 41.6 Å². The molecule has 0 aliphatic rings. The molecule has 0 N–H and O–H groups in total. The Kier molecular flexibility index (Phi) is 6.26. The summed E-state index contributed by atoms with van der Waals surface area (Å²) >= 11 is 0. The predicted octanol–water partition coefficient (Wildman–Crippen LogP) is 3.59. The number of hydrogen-bond acceptors (Lipinski definition) is 5. The number of oxime groups is 1. The molecule has 6 nitrogen and oxygen atoms in total. The lowest BCUT2D eigenvalue weighted by atomic mass is 10.1. The van der Waals surface area contributed by atoms with Crippen LogP contribution >= 0.6 is 0 Å². The van der Waals surface area contributed by atoms with Gasteiger partial charge in [-0.25, -0.2) is 14.1 Å². The van der Waals surface area contributed by atoms with Gasteiger partial charge in [0.15, 0.2) is 0 Å². The number of halogens is 5. The summed E-state index contributed by atoms with van der Waals surface area (Å²) in [5.41, 5.74) is -0.116. The minimum Gasteiger partial charge on any atom is -0.428 e. The van der Waals surface area contributed by atoms with Gasteiger partial charge < -0.3 is 9.57 Å². The minimum atomic E-state index is -4.64. The van der Waals surface area contributed by atoms with Crippen molar-refractivity contribution in [1.29, 1.82) is 0 Å². The maximum absolute atomic E-state index is 14.6. The van der Waals surface area contributed by atoms with E-state index in [-0.39, 0.29) is 17.9 Å². The van der Waals surface area contributed by atoms with Crippen molar-refractivity contribution in [3.63, 3.8) is 0 Å². The first kappa shape index (κ1) is 19.3. The molecule has 0 amide bonds. The zero-order chi connectivity index (χ0) is 19.2. The zero-order valence-corrected chi connectivity index (χ0v) is 13.1. The highest BCUT2D eigenvalue weighted by molar-refractivity contribution is 6.02. The summed E-state index contributed by atoms with van der Waals surface area (Å²) in [5.74, 6) is -0.526. The Hall–Kier alpha value is -2.98. The van der Waals surface area contributed by atoms with Gasteiger partial charge in [0, 0.05) is 5.56 Å². The topological polar surface area (TPSA) is 61.5 Å². The fourth-order valence-corrected chi connectivity index (χ4v) is 1.75. The van der Waals surface area contributed by atoms with E-state index in [0.29, 0.717) is 0 Å². The first-order chi connectivity index (χ1) is 12.3. The van der Waals surface area contributed by atoms with Crippen molar-refractivity contribution in [2.75, 3.05) is 6.61 Å². The van der Waals surface area contributed by atoms with E-state index in [1.165, 1.54) is 6.08 Å². The second-order valence-electron chi connectivity index (χ2n) is 4.76. The summed E-state index contributed by atoms with van der Waals surface area (Å²) < 4.78 is 69.5. The number of rotatable bonds is 9. The third-order valence-corrected chi connectivity index (χ3v) is 2.91. The number of aromatic nitrogens is 3. The normalized spacial score (nSPS) is 13.5. The van der Waals surface area contributed by atoms with Crippen molar-refractivity contribution in [1.82, 2.24) is 14.8 Å². The summed E-state index contributed by atoms with van der Waals surface area (Å²) in [4.78, 5) is 8.49. The van der Waals surface area contributed by atoms with Crippen molar-refractivity contribution in [2.45, 2.75) is 18.8 Å². The average molecular weight is 376 g/mol. The molecular weight excluding hydrogens is 363 g/mol. The van der Waals surface area contributed by atoms with Gasteiger partial charge in [-0.05, 0) is 24.3 Å². The lowest BCUT2D eigenvalue weighted by Crippen LogP contribution is -2.33. The van der Waals surface area contributed by atoms with Crippen molar-refractivity contribution in [2.24, 2.45) is 5.16 Å². The third-order valence-electron chi connectivity index (χ3n) is 2.91. The maximum Gasteiger partial charge on any atom is 0.461 e. The zero-order valence-electron chi connectivity index (χ0n) is 13.1. The number of nitrogens with zero attached hydrogens (tertiary/aromatic N) is 4. The number of hydrogen-bond donors (Lipinski definition) is 0. The molecule has 1 unspecified atom stereocenters. The lowest BCUT2D eigenvalue weighted by molar-refractivity contribution is -0.253. The van der Waals surface area contributed by atoms with Crippen LogP contribution < -0.4 is 4.74 Å². The average Bonchev–Trinajstić information content (AvgIpc) is 3.13. The molecule has 2 rings (SSSR count). The van der Waals surface area contributed by atoms with E-state index < -0.39 is 24.6 Å². The minimum absolute atomic E-state index is 0.00458. The summed E-state index contributed by atoms with van der Waals surface area (Å²) in [6.07, 6.45) is -6.93. The van der Waals surface area contributed by atoms with E-state index in [2.05, 4.69) is 26.6 Å². The summed E-state index contributed by atoms with van der Waals surface area (Å²) in [6, 6.07) is 4.28. The Morgan fingerprint density at radius 2 is 1.96 bits per heavy atom. The molecule has 2 aromatic rings. The fraction of sp³-hybridized carbons (Fsp3) is 0.267. The summed E-state index contributed by atoms with van der Waals surface area (Å²) in [5, 5.41) is 7.29. The number of alkyl halides is 5. The van der Waals surface area contributed by atoms with Gasteiger partial charge in [0.2, 0.25) is 6.30 Å². The highest BCUT2D eigenvalue weighted by Gasteiger charge is 2.43. The second kappa shape index (κ2) is 8.41. The number of benzene rings is 1. The second-order valence-corrected chi connectivity index (χ2v) is 4.76. The highest BCUT2D eigenvalue weighted by atomic mass is 19.3. The van der Waals surface area contributed by atoms with Crippen molar-refractivity contribution in [3.8, 4) is 5.75 Å². The molecule has 0 spiro atoms. The Labute approximate surface area is 144 Å². The molecule has 1 aromatic carbocycles. The lowest BCUT2D eigenvalue weighted by Gasteiger charge is -2.17. The molecule has 0 fully saturated rings. The maximum atomic E-state index is 14.6. The molecule has 0 bridgehead atoms. The Balaban J connectivity index is 2.25. The molecule has 0 radical (unpaired) electrons. The molecule has 1 aromatic heterocycles. The fourth-order valence-electron chi connectivity index (χ4n) is 1.75. The predicted molar refractivity (Wildman–Crippen MR) is 80.9 cm³/mol. The van der Waals surface area contributed by atoms with Gasteiger partial charge in [0.25, 0.3) is 0 Å². The van der Waals surface area contributed by atoms with Crippen LogP contribution in [0, 0.1) is 0 Å². The van der Waals surface area contributed by atoms with Gasteiger partial charge >= 0.3 is 12.5 Å². The molecule has 0 saturated heterocycles. The van der Waals surface area contributed by atoms with Gasteiger partial charge in [0.1, 0.15) is 30.7 Å². The first-order valence-corrected chi connectivity index (χ1v) is 7.09. The largest absolute Gasteiger partial charge is 0.461 e. The van der Waals surface area contributed by atoms with Crippen LogP contribution in [-0.2, 0) is 4.84 Å². The van der Waals surface area contributed by atoms with Crippen LogP contribution in [0.1, 0.15) is 11.9 Å².